The number of carboxylic acids is 1. The lowest BCUT2D eigenvalue weighted by molar-refractivity contribution is 0.0699. The molecule has 0 fully saturated rings. The fourth-order valence-corrected chi connectivity index (χ4v) is 2.11. The zero-order valence-corrected chi connectivity index (χ0v) is 7.27. The first-order valence-corrected chi connectivity index (χ1v) is 4.47. The van der Waals surface area contributed by atoms with Crippen LogP contribution in [0.15, 0.2) is 23.6 Å². The van der Waals surface area contributed by atoms with E-state index in [0.29, 0.717) is 10.1 Å². The molecule has 13 heavy (non-hydrogen) atoms. The van der Waals surface area contributed by atoms with E-state index in [4.69, 9.17) is 5.11 Å². The van der Waals surface area contributed by atoms with E-state index in [1.165, 1.54) is 23.5 Å². The van der Waals surface area contributed by atoms with Crippen LogP contribution in [0.1, 0.15) is 10.4 Å². The standard InChI is InChI=1S/C9H5FO2S/c10-7-2-1-6(9(11)12)8-5(7)3-4-13-8/h1-4H,(H,11,12). The summed E-state index contributed by atoms with van der Waals surface area (Å²) >= 11 is 1.24. The van der Waals surface area contributed by atoms with Crippen molar-refractivity contribution < 1.29 is 14.3 Å². The molecule has 0 radical (unpaired) electrons. The largest absolute Gasteiger partial charge is 0.478 e. The summed E-state index contributed by atoms with van der Waals surface area (Å²) in [6.07, 6.45) is 0. The van der Waals surface area contributed by atoms with Crippen molar-refractivity contribution in [2.24, 2.45) is 0 Å². The quantitative estimate of drug-likeness (QED) is 0.761. The highest BCUT2D eigenvalue weighted by Crippen LogP contribution is 2.27. The molecule has 2 rings (SSSR count). The van der Waals surface area contributed by atoms with Crippen molar-refractivity contribution in [2.75, 3.05) is 0 Å². The van der Waals surface area contributed by atoms with Gasteiger partial charge in [0.25, 0.3) is 0 Å². The first-order chi connectivity index (χ1) is 6.20. The molecule has 0 aliphatic heterocycles. The van der Waals surface area contributed by atoms with E-state index in [9.17, 15) is 9.18 Å². The maximum Gasteiger partial charge on any atom is 0.337 e. The third-order valence-corrected chi connectivity index (χ3v) is 2.74. The number of hydrogen-bond donors (Lipinski definition) is 1. The summed E-state index contributed by atoms with van der Waals surface area (Å²) in [4.78, 5) is 10.7. The van der Waals surface area contributed by atoms with E-state index < -0.39 is 5.97 Å². The Morgan fingerprint density at radius 1 is 1.38 bits per heavy atom. The number of carboxylic acid groups (broad SMARTS) is 1. The Balaban J connectivity index is 2.86. The average Bonchev–Trinajstić information content (AvgIpc) is 2.53. The van der Waals surface area contributed by atoms with Crippen LogP contribution in [0.4, 0.5) is 4.39 Å². The number of halogens is 1. The van der Waals surface area contributed by atoms with Crippen LogP contribution in [0.5, 0.6) is 0 Å². The van der Waals surface area contributed by atoms with Gasteiger partial charge in [-0.15, -0.1) is 11.3 Å². The minimum Gasteiger partial charge on any atom is -0.478 e. The summed E-state index contributed by atoms with van der Waals surface area (Å²) in [5.74, 6) is -1.39. The van der Waals surface area contributed by atoms with Crippen molar-refractivity contribution in [3.05, 3.63) is 35.0 Å². The minimum absolute atomic E-state index is 0.159. The molecule has 0 saturated heterocycles. The van der Waals surface area contributed by atoms with E-state index in [1.54, 1.807) is 11.4 Å². The van der Waals surface area contributed by atoms with Crippen molar-refractivity contribution in [3.63, 3.8) is 0 Å². The second-order valence-corrected chi connectivity index (χ2v) is 3.48. The van der Waals surface area contributed by atoms with E-state index in [-0.39, 0.29) is 11.4 Å². The fraction of sp³-hybridized carbons (Fsp3) is 0. The Labute approximate surface area is 77.2 Å². The molecule has 4 heteroatoms. The number of carbonyl (C=O) groups is 1. The smallest absolute Gasteiger partial charge is 0.337 e. The molecular weight excluding hydrogens is 191 g/mol. The molecule has 1 N–H and O–H groups in total. The summed E-state index contributed by atoms with van der Waals surface area (Å²) < 4.78 is 13.6. The fourth-order valence-electron chi connectivity index (χ4n) is 1.20. The van der Waals surface area contributed by atoms with E-state index in [0.717, 1.165) is 0 Å². The second-order valence-electron chi connectivity index (χ2n) is 2.56. The summed E-state index contributed by atoms with van der Waals surface area (Å²) in [6.45, 7) is 0. The van der Waals surface area contributed by atoms with Gasteiger partial charge in [0, 0.05) is 5.39 Å². The van der Waals surface area contributed by atoms with Gasteiger partial charge in [0.2, 0.25) is 0 Å². The summed E-state index contributed by atoms with van der Waals surface area (Å²) in [7, 11) is 0. The van der Waals surface area contributed by atoms with Gasteiger partial charge in [0.05, 0.1) is 10.3 Å². The molecule has 0 bridgehead atoms. The van der Waals surface area contributed by atoms with Gasteiger partial charge in [-0.05, 0) is 23.6 Å². The average molecular weight is 196 g/mol. The van der Waals surface area contributed by atoms with Crippen LogP contribution in [0.2, 0.25) is 0 Å². The Hall–Kier alpha value is -1.42. The minimum atomic E-state index is -1.02. The molecule has 0 unspecified atom stereocenters. The van der Waals surface area contributed by atoms with Gasteiger partial charge in [-0.1, -0.05) is 0 Å². The summed E-state index contributed by atoms with van der Waals surface area (Å²) in [5.41, 5.74) is 0.159. The van der Waals surface area contributed by atoms with Gasteiger partial charge in [0.1, 0.15) is 5.82 Å². The van der Waals surface area contributed by atoms with Crippen molar-refractivity contribution in [3.8, 4) is 0 Å². The topological polar surface area (TPSA) is 37.3 Å². The molecule has 1 aromatic heterocycles. The molecule has 66 valence electrons. The maximum atomic E-state index is 13.1. The third-order valence-electron chi connectivity index (χ3n) is 1.79. The normalized spacial score (nSPS) is 10.5. The van der Waals surface area contributed by atoms with Crippen LogP contribution >= 0.6 is 11.3 Å². The molecule has 2 aromatic rings. The van der Waals surface area contributed by atoms with Crippen LogP contribution in [0, 0.1) is 5.82 Å². The highest BCUT2D eigenvalue weighted by atomic mass is 32.1. The van der Waals surface area contributed by atoms with Crippen LogP contribution in [0.3, 0.4) is 0 Å². The summed E-state index contributed by atoms with van der Waals surface area (Å²) in [6, 6.07) is 4.05. The van der Waals surface area contributed by atoms with Gasteiger partial charge in [0.15, 0.2) is 0 Å². The van der Waals surface area contributed by atoms with Gasteiger partial charge in [-0.3, -0.25) is 0 Å². The highest BCUT2D eigenvalue weighted by Gasteiger charge is 2.11. The van der Waals surface area contributed by atoms with E-state index in [2.05, 4.69) is 0 Å². The Bertz CT molecular complexity index is 475. The second kappa shape index (κ2) is 2.81. The van der Waals surface area contributed by atoms with Crippen molar-refractivity contribution in [1.29, 1.82) is 0 Å². The van der Waals surface area contributed by atoms with Gasteiger partial charge >= 0.3 is 5.97 Å². The van der Waals surface area contributed by atoms with Crippen LogP contribution < -0.4 is 0 Å². The zero-order chi connectivity index (χ0) is 9.42. The van der Waals surface area contributed by atoms with Crippen LogP contribution in [-0.4, -0.2) is 11.1 Å². The van der Waals surface area contributed by atoms with E-state index in [1.807, 2.05) is 0 Å². The third kappa shape index (κ3) is 1.19. The van der Waals surface area contributed by atoms with Crippen LogP contribution in [-0.2, 0) is 0 Å². The predicted molar refractivity (Wildman–Crippen MR) is 48.7 cm³/mol. The Morgan fingerprint density at radius 2 is 2.15 bits per heavy atom. The lowest BCUT2D eigenvalue weighted by Crippen LogP contribution is -1.96. The number of thiophene rings is 1. The molecule has 0 spiro atoms. The number of hydrogen-bond acceptors (Lipinski definition) is 2. The van der Waals surface area contributed by atoms with Crippen LogP contribution in [0.25, 0.3) is 10.1 Å². The zero-order valence-electron chi connectivity index (χ0n) is 6.45. The number of aromatic carboxylic acids is 1. The first-order valence-electron chi connectivity index (χ1n) is 3.59. The highest BCUT2D eigenvalue weighted by molar-refractivity contribution is 7.17. The number of benzene rings is 1. The summed E-state index contributed by atoms with van der Waals surface area (Å²) in [5, 5.41) is 10.8. The van der Waals surface area contributed by atoms with Gasteiger partial charge < -0.3 is 5.11 Å². The van der Waals surface area contributed by atoms with Gasteiger partial charge in [-0.25, -0.2) is 9.18 Å². The van der Waals surface area contributed by atoms with Crippen molar-refractivity contribution >= 4 is 27.4 Å². The molecule has 0 aliphatic rings. The lowest BCUT2D eigenvalue weighted by atomic mass is 10.1. The molecule has 0 amide bonds. The Kier molecular flexibility index (Phi) is 1.77. The molecule has 1 aromatic carbocycles. The van der Waals surface area contributed by atoms with Gasteiger partial charge in [-0.2, -0.15) is 0 Å². The monoisotopic (exact) mass is 196 g/mol. The lowest BCUT2D eigenvalue weighted by Gasteiger charge is -1.96. The first kappa shape index (κ1) is 8.19. The maximum absolute atomic E-state index is 13.1. The molecule has 0 aliphatic carbocycles. The van der Waals surface area contributed by atoms with E-state index >= 15 is 0 Å². The van der Waals surface area contributed by atoms with Crippen molar-refractivity contribution in [2.45, 2.75) is 0 Å². The SMILES string of the molecule is O=C(O)c1ccc(F)c2ccsc12. The molecular formula is C9H5FO2S. The van der Waals surface area contributed by atoms with Crippen molar-refractivity contribution in [1.82, 2.24) is 0 Å². The molecule has 0 atom stereocenters. The molecule has 1 heterocycles. The number of fused-ring (bicyclic) bond motifs is 1. The predicted octanol–water partition coefficient (Wildman–Crippen LogP) is 2.74. The molecule has 2 nitrogen and oxygen atoms in total. The number of rotatable bonds is 1. The molecule has 0 saturated carbocycles. The Morgan fingerprint density at radius 3 is 2.85 bits per heavy atom.